The molecule has 141 heavy (non-hydrogen) atoms. The van der Waals surface area contributed by atoms with Gasteiger partial charge in [0.1, 0.15) is 83.0 Å². The average molecular weight is 1980 g/mol. The van der Waals surface area contributed by atoms with Crippen LogP contribution in [0.5, 0.6) is 17.2 Å². The Morgan fingerprint density at radius 2 is 1.34 bits per heavy atom. The van der Waals surface area contributed by atoms with E-state index in [0.29, 0.717) is 110 Å². The number of nitrogens with zero attached hydrogens (tertiary/aromatic N) is 10. The number of sulfone groups is 1. The van der Waals surface area contributed by atoms with E-state index < -0.39 is 66.6 Å². The Morgan fingerprint density at radius 1 is 0.681 bits per heavy atom. The second kappa shape index (κ2) is 50.6. The van der Waals surface area contributed by atoms with Crippen molar-refractivity contribution in [2.24, 2.45) is 5.92 Å². The minimum absolute atomic E-state index is 0.0329. The van der Waals surface area contributed by atoms with E-state index in [1.807, 2.05) is 105 Å². The van der Waals surface area contributed by atoms with Crippen LogP contribution in [0.15, 0.2) is 270 Å². The number of hydrogen-bond donors (Lipinski definition) is 5. The number of morpholine rings is 1. The molecule has 4 fully saturated rings. The number of anilines is 3. The number of alkyl halides is 3. The highest BCUT2D eigenvalue weighted by Gasteiger charge is 2.41. The Kier molecular flexibility index (Phi) is 38.0. The number of aromatic nitrogens is 5. The van der Waals surface area contributed by atoms with Crippen LogP contribution in [0.25, 0.3) is 16.9 Å². The van der Waals surface area contributed by atoms with Gasteiger partial charge in [-0.1, -0.05) is 147 Å². The Balaban J connectivity index is 0.000000158. The van der Waals surface area contributed by atoms with Crippen molar-refractivity contribution in [3.8, 4) is 28.4 Å². The Bertz CT molecular complexity index is 6440. The van der Waals surface area contributed by atoms with Crippen LogP contribution in [-0.2, 0) is 64.6 Å². The van der Waals surface area contributed by atoms with Gasteiger partial charge in [-0.25, -0.2) is 35.3 Å². The van der Waals surface area contributed by atoms with Crippen LogP contribution in [0, 0.1) is 24.5 Å². The normalized spacial score (nSPS) is 15.6. The molecule has 5 N–H and O–H groups in total. The van der Waals surface area contributed by atoms with Gasteiger partial charge in [0.15, 0.2) is 9.84 Å². The van der Waals surface area contributed by atoms with Crippen molar-refractivity contribution >= 4 is 78.3 Å². The first-order valence-corrected chi connectivity index (χ1v) is 48.9. The zero-order valence-corrected chi connectivity index (χ0v) is 80.8. The highest BCUT2D eigenvalue weighted by Crippen LogP contribution is 2.38. The topological polar surface area (TPSA) is 362 Å². The number of likely N-dealkylation sites (tertiary alicyclic amines) is 1. The second-order valence-electron chi connectivity index (χ2n) is 33.8. The minimum Gasteiger partial charge on any atom is -0.497 e. The molecule has 38 heteroatoms. The molecule has 4 aliphatic heterocycles. The quantitative estimate of drug-likeness (QED) is 0.0206. The summed E-state index contributed by atoms with van der Waals surface area (Å²) in [5, 5.41) is 18.3. The first kappa shape index (κ1) is 106. The molecule has 4 saturated heterocycles. The number of rotatable bonds is 30. The summed E-state index contributed by atoms with van der Waals surface area (Å²) in [6, 6.07) is 62.6. The van der Waals surface area contributed by atoms with E-state index in [-0.39, 0.29) is 96.2 Å². The fraction of sp³-hybridized carbons (Fsp3) is 0.320. The summed E-state index contributed by atoms with van der Waals surface area (Å²) in [5.74, 6) is 0.566. The van der Waals surface area contributed by atoms with E-state index in [1.54, 1.807) is 114 Å². The molecule has 6 amide bonds. The van der Waals surface area contributed by atoms with Gasteiger partial charge < -0.3 is 69.1 Å². The lowest BCUT2D eigenvalue weighted by atomic mass is 10.1. The summed E-state index contributed by atoms with van der Waals surface area (Å²) >= 11 is 0. The molecule has 744 valence electrons. The Hall–Kier alpha value is -14.2. The number of halogens is 5. The molecule has 12 aromatic rings. The van der Waals surface area contributed by atoms with Crippen molar-refractivity contribution in [1.29, 1.82) is 0 Å². The van der Waals surface area contributed by atoms with Gasteiger partial charge in [-0.05, 0) is 152 Å². The fourth-order valence-corrected chi connectivity index (χ4v) is 18.7. The molecular weight excluding hydrogens is 1860 g/mol. The standard InChI is InChI=1S/C24H26FN3O3.C23H22N6O2.C21H21F3N2O4.C18H19FN2O3S.C17H26N2O4S/c1-17-22(15-27-31-17)24(29)26-14-19-7-8-21(13-23(19)25)30-20-9-11-28(12-10-20)16-18-5-3-2-4-6-18;1-31-19-9-7-17(8-10-19)20-15-24-23-25-16-26-29(23)21(20)27-11-13-28(14-12-27)22(30)18-5-3-2-4-6-18;1-14(27)25-16-8-6-15(7-9-16)20(28)26-10-11-29-17(12-26)13-30-19-5-3-2-4-18(19)21(22,23)24;1-3-11-20-25(23,24)14-9-10-16(19)15(12-14)18(22)21-17-8-6-5-7-13(17)4-2;1-13(2)11-19(3)17(20)12-23-15-9-18-10-16(15)24(21,22)14-7-5-4-6-8-14/h2-8,13,15,20H,9-12,14,16H2,1H3,(H,26,29);2-10,15-16H,11-14H2,1H3;2-9,17H,10-13H2,1H3,(H,25,27);3,5-10,12,20H,1,4,11H2,2H3,(H,21,22);4-8,13,15-16,18H,9-12H2,1-3H3/t;;;;15-,16-/m....1/s1. The number of para-hydroxylation sites is 2. The van der Waals surface area contributed by atoms with Crippen molar-refractivity contribution in [2.45, 2.75) is 106 Å². The number of fused-ring (bicyclic) bond motifs is 1. The number of piperidine rings is 1. The SMILES string of the molecule is C=CCNS(=O)(=O)c1ccc(F)c(C(=O)Nc2ccccc2CC)c1.CC(=O)Nc1ccc(C(=O)N2CCOC(COc3ccccc3C(F)(F)F)C2)cc1.CC(C)CN(C)C(=O)CO[C@@H]1CNC[C@H]1S(=O)(=O)c1ccccc1.COc1ccc(-c2cnc3ncnn3c2N2CCN(C(=O)c3ccccc3)CC2)cc1.Cc1oncc1C(=O)NCc1ccc(OC2CCN(Cc3ccccc3)CC2)cc1F. The van der Waals surface area contributed by atoms with Crippen LogP contribution in [0.2, 0.25) is 0 Å². The third kappa shape index (κ3) is 29.7. The number of likely N-dealkylation sites (N-methyl/N-ethyl adjacent to an activating group) is 1. The molecule has 1 unspecified atom stereocenters. The van der Waals surface area contributed by atoms with Crippen molar-refractivity contribution in [3.05, 3.63) is 318 Å². The van der Waals surface area contributed by atoms with E-state index in [0.717, 1.165) is 90.6 Å². The summed E-state index contributed by atoms with van der Waals surface area (Å²) in [6.07, 6.45) is 3.08. The van der Waals surface area contributed by atoms with E-state index in [4.69, 9.17) is 28.2 Å². The van der Waals surface area contributed by atoms with Crippen molar-refractivity contribution < 1.29 is 95.8 Å². The number of piperazine rings is 1. The number of hydrogen-bond acceptors (Lipinski definition) is 23. The number of carbonyl (C=O) groups excluding carboxylic acids is 6. The maximum absolute atomic E-state index is 14.5. The van der Waals surface area contributed by atoms with Gasteiger partial charge >= 0.3 is 6.18 Å². The molecule has 0 bridgehead atoms. The Labute approximate surface area is 815 Å². The summed E-state index contributed by atoms with van der Waals surface area (Å²) < 4.78 is 154. The van der Waals surface area contributed by atoms with Crippen LogP contribution in [0.1, 0.15) is 110 Å². The smallest absolute Gasteiger partial charge is 0.419 e. The number of sulfonamides is 1. The molecule has 9 aromatic carbocycles. The first-order chi connectivity index (χ1) is 67.8. The van der Waals surface area contributed by atoms with E-state index in [1.165, 1.54) is 55.4 Å². The second-order valence-corrected chi connectivity index (χ2v) is 37.7. The lowest BCUT2D eigenvalue weighted by molar-refractivity contribution is -0.139. The average Bonchev–Trinajstić information content (AvgIpc) is 1.74. The lowest BCUT2D eigenvalue weighted by Gasteiger charge is -2.36. The maximum Gasteiger partial charge on any atom is 0.419 e. The largest absolute Gasteiger partial charge is 0.497 e. The number of ether oxygens (including phenoxy) is 5. The zero-order chi connectivity index (χ0) is 101. The van der Waals surface area contributed by atoms with Crippen LogP contribution in [0.4, 0.5) is 39.1 Å². The lowest BCUT2D eigenvalue weighted by Crippen LogP contribution is -2.49. The molecule has 0 radical (unpaired) electrons. The molecular formula is C103H114F5N15O16S2. The molecule has 3 aromatic heterocycles. The number of amides is 6. The zero-order valence-electron chi connectivity index (χ0n) is 79.1. The van der Waals surface area contributed by atoms with Gasteiger partial charge in [0.05, 0.1) is 53.5 Å². The Morgan fingerprint density at radius 3 is 2.00 bits per heavy atom. The molecule has 31 nitrogen and oxygen atoms in total. The van der Waals surface area contributed by atoms with Crippen molar-refractivity contribution in [2.75, 3.05) is 128 Å². The van der Waals surface area contributed by atoms with Crippen LogP contribution in [0.3, 0.4) is 0 Å². The van der Waals surface area contributed by atoms with Gasteiger partial charge in [-0.2, -0.15) is 27.8 Å². The molecule has 3 atom stereocenters. The highest BCUT2D eigenvalue weighted by molar-refractivity contribution is 7.92. The predicted octanol–water partition coefficient (Wildman–Crippen LogP) is 14.5. The predicted molar refractivity (Wildman–Crippen MR) is 523 cm³/mol. The number of benzene rings is 9. The molecule has 0 spiro atoms. The van der Waals surface area contributed by atoms with Crippen LogP contribution in [-0.4, -0.2) is 233 Å². The van der Waals surface area contributed by atoms with Gasteiger partial charge in [-0.3, -0.25) is 33.7 Å². The monoisotopic (exact) mass is 1980 g/mol. The fourth-order valence-electron chi connectivity index (χ4n) is 15.8. The summed E-state index contributed by atoms with van der Waals surface area (Å²) in [4.78, 5) is 91.8. The highest BCUT2D eigenvalue weighted by atomic mass is 32.2. The van der Waals surface area contributed by atoms with Crippen molar-refractivity contribution in [1.82, 2.24) is 59.7 Å². The number of aryl methyl sites for hydroxylation is 2. The summed E-state index contributed by atoms with van der Waals surface area (Å²) in [6.45, 7) is 20.1. The van der Waals surface area contributed by atoms with Gasteiger partial charge in [0.25, 0.3) is 29.4 Å². The third-order valence-corrected chi connectivity index (χ3v) is 26.8. The van der Waals surface area contributed by atoms with Crippen molar-refractivity contribution in [3.63, 3.8) is 0 Å². The third-order valence-electron chi connectivity index (χ3n) is 23.2. The number of methoxy groups -OCH3 is 1. The molecule has 16 rings (SSSR count). The summed E-state index contributed by atoms with van der Waals surface area (Å²) in [5.41, 5.74) is 6.03. The van der Waals surface area contributed by atoms with Gasteiger partial charge in [0, 0.05) is 145 Å². The number of carbonyl (C=O) groups is 6. The van der Waals surface area contributed by atoms with E-state index in [9.17, 15) is 67.6 Å². The van der Waals surface area contributed by atoms with Gasteiger partial charge in [0.2, 0.25) is 21.8 Å². The van der Waals surface area contributed by atoms with Gasteiger partial charge in [-0.15, -0.1) is 6.58 Å². The maximum atomic E-state index is 14.5. The van der Waals surface area contributed by atoms with E-state index in [2.05, 4.69) is 86.9 Å². The molecule has 0 saturated carbocycles. The minimum atomic E-state index is -4.52. The molecule has 0 aliphatic carbocycles. The molecule has 4 aliphatic rings. The molecule has 7 heterocycles. The first-order valence-electron chi connectivity index (χ1n) is 45.8. The van der Waals surface area contributed by atoms with E-state index >= 15 is 0 Å². The van der Waals surface area contributed by atoms with Crippen LogP contribution >= 0.6 is 0 Å². The van der Waals surface area contributed by atoms with Crippen LogP contribution < -0.4 is 45.1 Å². The number of nitrogens with one attached hydrogen (secondary N) is 5. The summed E-state index contributed by atoms with van der Waals surface area (Å²) in [7, 11) is -3.95.